The molecule has 3 nitrogen and oxygen atoms in total. The van der Waals surface area contributed by atoms with Gasteiger partial charge in [-0.25, -0.2) is 4.39 Å². The van der Waals surface area contributed by atoms with E-state index in [9.17, 15) is 9.18 Å². The molecule has 0 aliphatic heterocycles. The first kappa shape index (κ1) is 14.9. The lowest BCUT2D eigenvalue weighted by Gasteiger charge is -2.25. The molecule has 0 saturated carbocycles. The van der Waals surface area contributed by atoms with Crippen LogP contribution in [0, 0.1) is 11.2 Å². The Balaban J connectivity index is 2.60. The average molecular weight is 273 g/mol. The Morgan fingerprint density at radius 2 is 2.11 bits per heavy atom. The zero-order valence-corrected chi connectivity index (χ0v) is 11.5. The molecule has 1 rings (SSSR count). The van der Waals surface area contributed by atoms with Crippen LogP contribution in [0.15, 0.2) is 18.2 Å². The molecule has 0 unspecified atom stereocenters. The van der Waals surface area contributed by atoms with Gasteiger partial charge in [0.25, 0.3) is 0 Å². The predicted octanol–water partition coefficient (Wildman–Crippen LogP) is 2.47. The molecule has 0 fully saturated rings. The molecule has 0 radical (unpaired) electrons. The van der Waals surface area contributed by atoms with Crippen molar-refractivity contribution in [2.75, 3.05) is 0 Å². The Kier molecular flexibility index (Phi) is 4.71. The summed E-state index contributed by atoms with van der Waals surface area (Å²) in [6.45, 7) is 5.96. The molecule has 1 atom stereocenters. The van der Waals surface area contributed by atoms with Crippen LogP contribution in [-0.2, 0) is 11.3 Å². The highest BCUT2D eigenvalue weighted by molar-refractivity contribution is 6.30. The highest BCUT2D eigenvalue weighted by Crippen LogP contribution is 2.18. The van der Waals surface area contributed by atoms with E-state index in [2.05, 4.69) is 5.32 Å². The molecule has 0 aliphatic carbocycles. The van der Waals surface area contributed by atoms with E-state index in [0.29, 0.717) is 0 Å². The Labute approximate surface area is 112 Å². The number of rotatable bonds is 3. The largest absolute Gasteiger partial charge is 0.351 e. The Hall–Kier alpha value is -1.13. The highest BCUT2D eigenvalue weighted by Gasteiger charge is 2.27. The summed E-state index contributed by atoms with van der Waals surface area (Å²) in [4.78, 5) is 11.8. The topological polar surface area (TPSA) is 55.1 Å². The summed E-state index contributed by atoms with van der Waals surface area (Å²) < 4.78 is 12.9. The maximum atomic E-state index is 12.9. The second kappa shape index (κ2) is 5.67. The summed E-state index contributed by atoms with van der Waals surface area (Å²) in [5.74, 6) is -0.707. The lowest BCUT2D eigenvalue weighted by Crippen LogP contribution is -2.48. The molecule has 5 heteroatoms. The first-order valence-electron chi connectivity index (χ1n) is 5.69. The molecule has 100 valence electrons. The van der Waals surface area contributed by atoms with E-state index in [4.69, 9.17) is 17.3 Å². The van der Waals surface area contributed by atoms with Gasteiger partial charge in [0.2, 0.25) is 5.91 Å². The smallest absolute Gasteiger partial charge is 0.237 e. The maximum absolute atomic E-state index is 12.9. The quantitative estimate of drug-likeness (QED) is 0.888. The number of hydrogen-bond acceptors (Lipinski definition) is 2. The molecule has 0 aliphatic rings. The number of carbonyl (C=O) groups excluding carboxylic acids is 1. The van der Waals surface area contributed by atoms with Crippen molar-refractivity contribution in [1.82, 2.24) is 5.32 Å². The minimum absolute atomic E-state index is 0.0434. The van der Waals surface area contributed by atoms with Gasteiger partial charge in [-0.15, -0.1) is 0 Å². The van der Waals surface area contributed by atoms with Crippen LogP contribution in [0.4, 0.5) is 4.39 Å². The SMILES string of the molecule is CC(C)(C)[C@@H](N)C(=O)NCc1ccc(F)c(Cl)c1. The molecule has 1 amide bonds. The molecule has 0 spiro atoms. The Bertz CT molecular complexity index is 443. The molecule has 3 N–H and O–H groups in total. The fourth-order valence-electron chi connectivity index (χ4n) is 1.34. The van der Waals surface area contributed by atoms with Crippen molar-refractivity contribution in [3.8, 4) is 0 Å². The zero-order valence-electron chi connectivity index (χ0n) is 10.8. The van der Waals surface area contributed by atoms with E-state index in [0.717, 1.165) is 5.56 Å². The summed E-state index contributed by atoms with van der Waals surface area (Å²) in [7, 11) is 0. The van der Waals surface area contributed by atoms with E-state index < -0.39 is 11.9 Å². The van der Waals surface area contributed by atoms with Crippen LogP contribution in [-0.4, -0.2) is 11.9 Å². The van der Waals surface area contributed by atoms with E-state index in [-0.39, 0.29) is 22.9 Å². The van der Waals surface area contributed by atoms with Crippen LogP contribution in [0.25, 0.3) is 0 Å². The van der Waals surface area contributed by atoms with Crippen LogP contribution in [0.1, 0.15) is 26.3 Å². The molecular weight excluding hydrogens is 255 g/mol. The van der Waals surface area contributed by atoms with Gasteiger partial charge in [0.05, 0.1) is 11.1 Å². The van der Waals surface area contributed by atoms with Gasteiger partial charge in [-0.05, 0) is 23.1 Å². The van der Waals surface area contributed by atoms with Crippen molar-refractivity contribution < 1.29 is 9.18 Å². The van der Waals surface area contributed by atoms with Crippen LogP contribution < -0.4 is 11.1 Å². The lowest BCUT2D eigenvalue weighted by molar-refractivity contribution is -0.124. The van der Waals surface area contributed by atoms with Gasteiger partial charge in [-0.3, -0.25) is 4.79 Å². The third-order valence-corrected chi connectivity index (χ3v) is 2.96. The monoisotopic (exact) mass is 272 g/mol. The number of nitrogens with two attached hydrogens (primary N) is 1. The van der Waals surface area contributed by atoms with Crippen LogP contribution in [0.2, 0.25) is 5.02 Å². The van der Waals surface area contributed by atoms with Gasteiger partial charge in [0, 0.05) is 6.54 Å². The van der Waals surface area contributed by atoms with E-state index in [1.807, 2.05) is 20.8 Å². The van der Waals surface area contributed by atoms with Gasteiger partial charge in [-0.1, -0.05) is 38.4 Å². The second-order valence-corrected chi connectivity index (χ2v) is 5.72. The molecule has 1 aromatic carbocycles. The summed E-state index contributed by atoms with van der Waals surface area (Å²) >= 11 is 5.65. The summed E-state index contributed by atoms with van der Waals surface area (Å²) in [6.07, 6.45) is 0. The maximum Gasteiger partial charge on any atom is 0.237 e. The third-order valence-electron chi connectivity index (χ3n) is 2.67. The van der Waals surface area contributed by atoms with Crippen molar-refractivity contribution in [2.45, 2.75) is 33.4 Å². The minimum Gasteiger partial charge on any atom is -0.351 e. The number of hydrogen-bond donors (Lipinski definition) is 2. The van der Waals surface area contributed by atoms with Gasteiger partial charge >= 0.3 is 0 Å². The van der Waals surface area contributed by atoms with Gasteiger partial charge in [-0.2, -0.15) is 0 Å². The minimum atomic E-state index is -0.589. The summed E-state index contributed by atoms with van der Waals surface area (Å²) in [6, 6.07) is 3.74. The van der Waals surface area contributed by atoms with E-state index in [1.54, 1.807) is 6.07 Å². The number of nitrogens with one attached hydrogen (secondary N) is 1. The highest BCUT2D eigenvalue weighted by atomic mass is 35.5. The normalized spacial score (nSPS) is 13.2. The first-order valence-corrected chi connectivity index (χ1v) is 6.07. The van der Waals surface area contributed by atoms with Crippen molar-refractivity contribution in [3.63, 3.8) is 0 Å². The molecule has 0 aromatic heterocycles. The lowest BCUT2D eigenvalue weighted by atomic mass is 9.87. The van der Waals surface area contributed by atoms with Crippen molar-refractivity contribution in [3.05, 3.63) is 34.6 Å². The van der Waals surface area contributed by atoms with E-state index >= 15 is 0 Å². The molecule has 1 aromatic rings. The van der Waals surface area contributed by atoms with Crippen molar-refractivity contribution >= 4 is 17.5 Å². The standard InChI is InChI=1S/C13H18ClFN2O/c1-13(2,3)11(16)12(18)17-7-8-4-5-10(15)9(14)6-8/h4-6,11H,7,16H2,1-3H3,(H,17,18)/t11-/m0/s1. The molecule has 0 bridgehead atoms. The Morgan fingerprint density at radius 3 is 2.61 bits per heavy atom. The van der Waals surface area contributed by atoms with Gasteiger partial charge in [0.1, 0.15) is 5.82 Å². The number of carbonyl (C=O) groups is 1. The first-order chi connectivity index (χ1) is 8.21. The molecule has 18 heavy (non-hydrogen) atoms. The average Bonchev–Trinajstić information content (AvgIpc) is 2.28. The predicted molar refractivity (Wildman–Crippen MR) is 70.7 cm³/mol. The van der Waals surface area contributed by atoms with Gasteiger partial charge < -0.3 is 11.1 Å². The summed E-state index contributed by atoms with van der Waals surface area (Å²) in [5, 5.41) is 2.75. The van der Waals surface area contributed by atoms with E-state index in [1.165, 1.54) is 12.1 Å². The molecule has 0 heterocycles. The number of halogens is 2. The zero-order chi connectivity index (χ0) is 13.9. The third kappa shape index (κ3) is 3.96. The van der Waals surface area contributed by atoms with Crippen molar-refractivity contribution in [1.29, 1.82) is 0 Å². The number of amides is 1. The Morgan fingerprint density at radius 1 is 1.50 bits per heavy atom. The van der Waals surface area contributed by atoms with Crippen LogP contribution in [0.3, 0.4) is 0 Å². The second-order valence-electron chi connectivity index (χ2n) is 5.31. The summed E-state index contributed by atoms with van der Waals surface area (Å²) in [5.41, 5.74) is 6.25. The van der Waals surface area contributed by atoms with Crippen LogP contribution in [0.5, 0.6) is 0 Å². The van der Waals surface area contributed by atoms with Crippen molar-refractivity contribution in [2.24, 2.45) is 11.1 Å². The fourth-order valence-corrected chi connectivity index (χ4v) is 1.55. The fraction of sp³-hybridized carbons (Fsp3) is 0.462. The number of benzene rings is 1. The van der Waals surface area contributed by atoms with Crippen LogP contribution >= 0.6 is 11.6 Å². The molecular formula is C13H18ClFN2O. The molecule has 0 saturated heterocycles. The van der Waals surface area contributed by atoms with Gasteiger partial charge in [0.15, 0.2) is 0 Å².